The van der Waals surface area contributed by atoms with Crippen LogP contribution in [0.3, 0.4) is 0 Å². The van der Waals surface area contributed by atoms with E-state index in [-0.39, 0.29) is 10.9 Å². The number of nitrogens with one attached hydrogen (secondary N) is 1. The van der Waals surface area contributed by atoms with Crippen LogP contribution in [0.5, 0.6) is 0 Å². The van der Waals surface area contributed by atoms with Crippen molar-refractivity contribution < 1.29 is 12.8 Å². The molecule has 0 aliphatic heterocycles. The van der Waals surface area contributed by atoms with Gasteiger partial charge in [0.2, 0.25) is 10.0 Å². The minimum Gasteiger partial charge on any atom is -0.326 e. The molecule has 0 spiro atoms. The van der Waals surface area contributed by atoms with Crippen molar-refractivity contribution in [2.24, 2.45) is 5.73 Å². The monoisotopic (exact) mass is 307 g/mol. The molecule has 1 heterocycles. The summed E-state index contributed by atoms with van der Waals surface area (Å²) in [6, 6.07) is 7.56. The summed E-state index contributed by atoms with van der Waals surface area (Å²) in [6.07, 6.45) is 2.66. The van der Waals surface area contributed by atoms with E-state index in [2.05, 4.69) is 9.71 Å². The molecule has 0 saturated heterocycles. The maximum Gasteiger partial charge on any atom is 0.242 e. The Morgan fingerprint density at radius 1 is 1.29 bits per heavy atom. The second-order valence-electron chi connectivity index (χ2n) is 5.00. The number of hydrogen-bond acceptors (Lipinski definition) is 4. The Kier molecular flexibility index (Phi) is 3.48. The molecule has 2 atom stereocenters. The Balaban J connectivity index is 1.93. The maximum atomic E-state index is 13.1. The highest BCUT2D eigenvalue weighted by molar-refractivity contribution is 7.89. The third-order valence-electron chi connectivity index (χ3n) is 3.55. The van der Waals surface area contributed by atoms with Crippen LogP contribution in [-0.4, -0.2) is 19.4 Å². The number of benzene rings is 1. The third kappa shape index (κ3) is 2.67. The van der Waals surface area contributed by atoms with Crippen molar-refractivity contribution in [1.29, 1.82) is 0 Å². The molecule has 2 unspecified atom stereocenters. The predicted molar refractivity (Wildman–Crippen MR) is 75.4 cm³/mol. The molecule has 5 nitrogen and oxygen atoms in total. The lowest BCUT2D eigenvalue weighted by molar-refractivity contribution is 0.516. The number of nitrogens with two attached hydrogens (primary N) is 1. The molecule has 0 fully saturated rings. The third-order valence-corrected chi connectivity index (χ3v) is 4.95. The second kappa shape index (κ2) is 5.18. The lowest BCUT2D eigenvalue weighted by Crippen LogP contribution is -2.38. The zero-order valence-electron chi connectivity index (χ0n) is 11.0. The van der Waals surface area contributed by atoms with Crippen molar-refractivity contribution in [3.05, 3.63) is 59.7 Å². The normalized spacial score (nSPS) is 21.2. The molecular formula is C14H14FN3O2S. The van der Waals surface area contributed by atoms with Gasteiger partial charge in [-0.25, -0.2) is 17.5 Å². The molecule has 0 amide bonds. The van der Waals surface area contributed by atoms with Gasteiger partial charge < -0.3 is 5.73 Å². The van der Waals surface area contributed by atoms with E-state index in [1.807, 2.05) is 24.3 Å². The Morgan fingerprint density at radius 3 is 2.81 bits per heavy atom. The molecule has 0 radical (unpaired) electrons. The summed E-state index contributed by atoms with van der Waals surface area (Å²) >= 11 is 0. The van der Waals surface area contributed by atoms with E-state index in [4.69, 9.17) is 5.73 Å². The summed E-state index contributed by atoms with van der Waals surface area (Å²) in [4.78, 5) is 3.35. The largest absolute Gasteiger partial charge is 0.326 e. The topological polar surface area (TPSA) is 85.1 Å². The first kappa shape index (κ1) is 14.1. The number of pyridine rings is 1. The zero-order chi connectivity index (χ0) is 15.0. The Hall–Kier alpha value is -1.83. The van der Waals surface area contributed by atoms with Crippen molar-refractivity contribution in [3.8, 4) is 0 Å². The van der Waals surface area contributed by atoms with Crippen LogP contribution in [0.1, 0.15) is 17.2 Å². The van der Waals surface area contributed by atoms with Gasteiger partial charge in [0.1, 0.15) is 10.7 Å². The van der Waals surface area contributed by atoms with Crippen molar-refractivity contribution in [1.82, 2.24) is 9.71 Å². The van der Waals surface area contributed by atoms with Crippen LogP contribution >= 0.6 is 0 Å². The molecular weight excluding hydrogens is 293 g/mol. The van der Waals surface area contributed by atoms with E-state index in [0.717, 1.165) is 29.6 Å². The maximum absolute atomic E-state index is 13.1. The highest BCUT2D eigenvalue weighted by Gasteiger charge is 2.33. The summed E-state index contributed by atoms with van der Waals surface area (Å²) in [7, 11) is -3.87. The summed E-state index contributed by atoms with van der Waals surface area (Å²) in [5.74, 6) is -0.700. The quantitative estimate of drug-likeness (QED) is 0.890. The van der Waals surface area contributed by atoms with Gasteiger partial charge in [-0.1, -0.05) is 24.3 Å². The zero-order valence-corrected chi connectivity index (χ0v) is 11.8. The van der Waals surface area contributed by atoms with E-state index in [1.165, 1.54) is 0 Å². The molecule has 2 aromatic rings. The van der Waals surface area contributed by atoms with Crippen LogP contribution in [0, 0.1) is 5.82 Å². The lowest BCUT2D eigenvalue weighted by atomic mass is 10.1. The van der Waals surface area contributed by atoms with E-state index in [0.29, 0.717) is 6.42 Å². The van der Waals surface area contributed by atoms with Crippen LogP contribution in [0.2, 0.25) is 0 Å². The number of halogens is 1. The number of fused-ring (bicyclic) bond motifs is 1. The number of rotatable bonds is 3. The first-order valence-electron chi connectivity index (χ1n) is 6.43. The fraction of sp³-hybridized carbons (Fsp3) is 0.214. The Labute approximate surface area is 122 Å². The van der Waals surface area contributed by atoms with Gasteiger partial charge in [0.25, 0.3) is 0 Å². The van der Waals surface area contributed by atoms with Gasteiger partial charge in [-0.2, -0.15) is 0 Å². The molecule has 1 aromatic carbocycles. The van der Waals surface area contributed by atoms with E-state index >= 15 is 0 Å². The predicted octanol–water partition coefficient (Wildman–Crippen LogP) is 1.12. The average Bonchev–Trinajstić information content (AvgIpc) is 2.75. The van der Waals surface area contributed by atoms with Crippen molar-refractivity contribution in [2.75, 3.05) is 0 Å². The molecule has 7 heteroatoms. The smallest absolute Gasteiger partial charge is 0.242 e. The van der Waals surface area contributed by atoms with Crippen molar-refractivity contribution >= 4 is 10.0 Å². The van der Waals surface area contributed by atoms with Crippen molar-refractivity contribution in [2.45, 2.75) is 23.4 Å². The van der Waals surface area contributed by atoms with E-state index < -0.39 is 21.9 Å². The Morgan fingerprint density at radius 2 is 2.05 bits per heavy atom. The van der Waals surface area contributed by atoms with Gasteiger partial charge in [-0.15, -0.1) is 0 Å². The van der Waals surface area contributed by atoms with Gasteiger partial charge in [-0.3, -0.25) is 4.98 Å². The number of sulfonamides is 1. The van der Waals surface area contributed by atoms with Gasteiger partial charge in [0.15, 0.2) is 0 Å². The molecule has 3 N–H and O–H groups in total. The molecule has 1 aliphatic rings. The molecule has 110 valence electrons. The van der Waals surface area contributed by atoms with Gasteiger partial charge in [-0.05, 0) is 23.6 Å². The summed E-state index contributed by atoms with van der Waals surface area (Å²) in [5.41, 5.74) is 7.91. The van der Waals surface area contributed by atoms with Crippen LogP contribution in [0.15, 0.2) is 47.6 Å². The average molecular weight is 307 g/mol. The van der Waals surface area contributed by atoms with E-state index in [9.17, 15) is 12.8 Å². The SMILES string of the molecule is NC1Cc2ccccc2C1NS(=O)(=O)c1cncc(F)c1. The summed E-state index contributed by atoms with van der Waals surface area (Å²) < 4.78 is 40.3. The number of hydrogen-bond donors (Lipinski definition) is 2. The molecule has 21 heavy (non-hydrogen) atoms. The minimum absolute atomic E-state index is 0.209. The highest BCUT2D eigenvalue weighted by atomic mass is 32.2. The number of aromatic nitrogens is 1. The molecule has 3 rings (SSSR count). The molecule has 0 bridgehead atoms. The van der Waals surface area contributed by atoms with Crippen LogP contribution in [0.25, 0.3) is 0 Å². The van der Waals surface area contributed by atoms with Crippen LogP contribution < -0.4 is 10.5 Å². The van der Waals surface area contributed by atoms with Crippen LogP contribution in [0.4, 0.5) is 4.39 Å². The molecule has 1 aromatic heterocycles. The fourth-order valence-electron chi connectivity index (χ4n) is 2.55. The van der Waals surface area contributed by atoms with E-state index in [1.54, 1.807) is 0 Å². The molecule has 0 saturated carbocycles. The Bertz CT molecular complexity index is 779. The fourth-order valence-corrected chi connectivity index (χ4v) is 3.79. The standard InChI is InChI=1S/C14H14FN3O2S/c15-10-6-11(8-17-7-10)21(19,20)18-14-12-4-2-1-3-9(12)5-13(14)16/h1-4,6-8,13-14,18H,5,16H2. The summed E-state index contributed by atoms with van der Waals surface area (Å²) in [6.45, 7) is 0. The highest BCUT2D eigenvalue weighted by Crippen LogP contribution is 2.31. The van der Waals surface area contributed by atoms with Gasteiger partial charge >= 0.3 is 0 Å². The van der Waals surface area contributed by atoms with Gasteiger partial charge in [0, 0.05) is 12.2 Å². The minimum atomic E-state index is -3.87. The lowest BCUT2D eigenvalue weighted by Gasteiger charge is -2.18. The molecule has 1 aliphatic carbocycles. The van der Waals surface area contributed by atoms with Crippen LogP contribution in [-0.2, 0) is 16.4 Å². The second-order valence-corrected chi connectivity index (χ2v) is 6.72. The number of nitrogens with zero attached hydrogens (tertiary/aromatic N) is 1. The van der Waals surface area contributed by atoms with Gasteiger partial charge in [0.05, 0.1) is 12.2 Å². The first-order valence-corrected chi connectivity index (χ1v) is 7.92. The van der Waals surface area contributed by atoms with Crippen molar-refractivity contribution in [3.63, 3.8) is 0 Å². The summed E-state index contributed by atoms with van der Waals surface area (Å²) in [5, 5.41) is 0. The first-order chi connectivity index (χ1) is 9.97.